The Hall–Kier alpha value is -1.63. The van der Waals surface area contributed by atoms with Gasteiger partial charge in [0.05, 0.1) is 11.0 Å². The fourth-order valence-corrected chi connectivity index (χ4v) is 3.68. The lowest BCUT2D eigenvalue weighted by Gasteiger charge is -2.26. The third-order valence-electron chi connectivity index (χ3n) is 3.47. The summed E-state index contributed by atoms with van der Waals surface area (Å²) in [5.41, 5.74) is 1.94. The molecular formula is C12H13N5OS. The van der Waals surface area contributed by atoms with Crippen LogP contribution in [0.15, 0.2) is 20.8 Å². The van der Waals surface area contributed by atoms with Gasteiger partial charge in [-0.3, -0.25) is 0 Å². The largest absolute Gasteiger partial charge is 0.361 e. The minimum atomic E-state index is 0.484. The summed E-state index contributed by atoms with van der Waals surface area (Å²) in [6.45, 7) is 1.86. The summed E-state index contributed by atoms with van der Waals surface area (Å²) in [6, 6.07) is 1.86. The van der Waals surface area contributed by atoms with E-state index in [2.05, 4.69) is 15.4 Å². The first-order valence-corrected chi connectivity index (χ1v) is 7.33. The molecule has 6 nitrogen and oxygen atoms in total. The molecule has 0 saturated heterocycles. The molecule has 1 fully saturated rings. The number of rotatable bonds is 1. The molecule has 2 aliphatic rings. The van der Waals surface area contributed by atoms with Crippen molar-refractivity contribution in [3.63, 3.8) is 0 Å². The second kappa shape index (κ2) is 4.19. The highest BCUT2D eigenvalue weighted by Gasteiger charge is 2.30. The summed E-state index contributed by atoms with van der Waals surface area (Å²) < 4.78 is 6.90. The Morgan fingerprint density at radius 2 is 2.32 bits per heavy atom. The van der Waals surface area contributed by atoms with Crippen molar-refractivity contribution < 1.29 is 4.52 Å². The summed E-state index contributed by atoms with van der Waals surface area (Å²) >= 11 is 1.76. The van der Waals surface area contributed by atoms with Crippen LogP contribution in [0.25, 0.3) is 11.5 Å². The minimum Gasteiger partial charge on any atom is -0.361 e. The molecule has 0 amide bonds. The maximum atomic E-state index is 5.10. The first-order valence-electron chi connectivity index (χ1n) is 6.45. The van der Waals surface area contributed by atoms with E-state index in [1.807, 2.05) is 13.0 Å². The fourth-order valence-electron chi connectivity index (χ4n) is 2.52. The zero-order valence-electron chi connectivity index (χ0n) is 10.5. The van der Waals surface area contributed by atoms with E-state index in [-0.39, 0.29) is 0 Å². The minimum absolute atomic E-state index is 0.484. The van der Waals surface area contributed by atoms with Gasteiger partial charge in [0.25, 0.3) is 0 Å². The topological polar surface area (TPSA) is 69.1 Å². The second-order valence-corrected chi connectivity index (χ2v) is 6.05. The second-order valence-electron chi connectivity index (χ2n) is 4.88. The maximum Gasteiger partial charge on any atom is 0.213 e. The van der Waals surface area contributed by atoms with Crippen LogP contribution in [0, 0.1) is 6.92 Å². The lowest BCUT2D eigenvalue weighted by Crippen LogP contribution is -2.26. The van der Waals surface area contributed by atoms with E-state index in [0.29, 0.717) is 16.8 Å². The quantitative estimate of drug-likeness (QED) is 0.799. The van der Waals surface area contributed by atoms with Crippen molar-refractivity contribution >= 4 is 17.5 Å². The molecule has 98 valence electrons. The van der Waals surface area contributed by atoms with Gasteiger partial charge >= 0.3 is 0 Å². The molecule has 7 heteroatoms. The van der Waals surface area contributed by atoms with Crippen LogP contribution in [0.4, 0.5) is 0 Å². The monoisotopic (exact) mass is 275 g/mol. The van der Waals surface area contributed by atoms with Crippen molar-refractivity contribution in [2.45, 2.75) is 43.0 Å². The number of hydrogen-bond acceptors (Lipinski definition) is 6. The highest BCUT2D eigenvalue weighted by Crippen LogP contribution is 2.36. The Morgan fingerprint density at radius 1 is 1.37 bits per heavy atom. The number of hydrogen-bond donors (Lipinski definition) is 0. The van der Waals surface area contributed by atoms with E-state index in [0.717, 1.165) is 17.3 Å². The van der Waals surface area contributed by atoms with Gasteiger partial charge in [0.1, 0.15) is 5.76 Å². The standard InChI is InChI=1S/C12H13N5OS/c1-7-6-9(16-18-7)11-13-14-12-17(11)15-8-4-2-3-5-10(8)19-12/h6,10H,2-5H2,1H3. The van der Waals surface area contributed by atoms with E-state index in [1.54, 1.807) is 16.4 Å². The van der Waals surface area contributed by atoms with Crippen molar-refractivity contribution in [2.24, 2.45) is 5.10 Å². The number of aromatic nitrogens is 4. The first-order chi connectivity index (χ1) is 9.31. The molecule has 0 bridgehead atoms. The highest BCUT2D eigenvalue weighted by molar-refractivity contribution is 8.00. The van der Waals surface area contributed by atoms with E-state index >= 15 is 0 Å². The van der Waals surface area contributed by atoms with Crippen LogP contribution >= 0.6 is 11.8 Å². The number of fused-ring (bicyclic) bond motifs is 2. The van der Waals surface area contributed by atoms with Crippen LogP contribution in [0.2, 0.25) is 0 Å². The van der Waals surface area contributed by atoms with Crippen molar-refractivity contribution in [2.75, 3.05) is 0 Å². The summed E-state index contributed by atoms with van der Waals surface area (Å²) in [5, 5.41) is 18.5. The van der Waals surface area contributed by atoms with Gasteiger partial charge in [0, 0.05) is 6.07 Å². The summed E-state index contributed by atoms with van der Waals surface area (Å²) in [7, 11) is 0. The molecule has 1 aliphatic heterocycles. The maximum absolute atomic E-state index is 5.10. The van der Waals surface area contributed by atoms with Crippen LogP contribution in [0.3, 0.4) is 0 Å². The van der Waals surface area contributed by atoms with E-state index < -0.39 is 0 Å². The summed E-state index contributed by atoms with van der Waals surface area (Å²) in [4.78, 5) is 0. The molecule has 0 radical (unpaired) electrons. The Bertz CT molecular complexity index is 659. The third-order valence-corrected chi connectivity index (χ3v) is 4.72. The van der Waals surface area contributed by atoms with Crippen molar-refractivity contribution in [1.82, 2.24) is 20.0 Å². The third kappa shape index (κ3) is 1.80. The lowest BCUT2D eigenvalue weighted by molar-refractivity contribution is 0.399. The van der Waals surface area contributed by atoms with Crippen molar-refractivity contribution in [3.8, 4) is 11.5 Å². The van der Waals surface area contributed by atoms with Gasteiger partial charge < -0.3 is 4.52 Å². The molecule has 2 aromatic heterocycles. The molecule has 3 heterocycles. The Morgan fingerprint density at radius 3 is 3.16 bits per heavy atom. The van der Waals surface area contributed by atoms with Gasteiger partial charge in [0.2, 0.25) is 11.0 Å². The molecule has 2 aromatic rings. The fraction of sp³-hybridized carbons (Fsp3) is 0.500. The van der Waals surface area contributed by atoms with E-state index in [9.17, 15) is 0 Å². The lowest BCUT2D eigenvalue weighted by atomic mass is 9.98. The summed E-state index contributed by atoms with van der Waals surface area (Å²) in [5.74, 6) is 1.43. The molecular weight excluding hydrogens is 262 g/mol. The van der Waals surface area contributed by atoms with Gasteiger partial charge in [-0.1, -0.05) is 23.3 Å². The molecule has 0 aromatic carbocycles. The van der Waals surface area contributed by atoms with Crippen LogP contribution in [-0.4, -0.2) is 31.0 Å². The van der Waals surface area contributed by atoms with Gasteiger partial charge in [0.15, 0.2) is 5.69 Å². The predicted molar refractivity (Wildman–Crippen MR) is 71.2 cm³/mol. The Labute approximate surface area is 114 Å². The number of nitrogens with zero attached hydrogens (tertiary/aromatic N) is 5. The normalized spacial score (nSPS) is 21.7. The number of thioether (sulfide) groups is 1. The average molecular weight is 275 g/mol. The zero-order valence-corrected chi connectivity index (χ0v) is 11.4. The van der Waals surface area contributed by atoms with Crippen LogP contribution in [0.5, 0.6) is 0 Å². The molecule has 4 rings (SSSR count). The average Bonchev–Trinajstić information content (AvgIpc) is 3.02. The van der Waals surface area contributed by atoms with Gasteiger partial charge in [-0.05, 0) is 26.2 Å². The van der Waals surface area contributed by atoms with Crippen LogP contribution in [0.1, 0.15) is 31.4 Å². The van der Waals surface area contributed by atoms with E-state index in [4.69, 9.17) is 9.62 Å². The van der Waals surface area contributed by atoms with Gasteiger partial charge in [-0.15, -0.1) is 10.2 Å². The molecule has 1 atom stereocenters. The van der Waals surface area contributed by atoms with Crippen molar-refractivity contribution in [3.05, 3.63) is 11.8 Å². The highest BCUT2D eigenvalue weighted by atomic mass is 32.2. The zero-order chi connectivity index (χ0) is 12.8. The van der Waals surface area contributed by atoms with Gasteiger partial charge in [-0.2, -0.15) is 9.78 Å². The van der Waals surface area contributed by atoms with Crippen LogP contribution < -0.4 is 0 Å². The Balaban J connectivity index is 1.79. The SMILES string of the molecule is Cc1cc(-c2nnc3n2N=C2CCCCC2S3)no1. The van der Waals surface area contributed by atoms with E-state index in [1.165, 1.54) is 25.0 Å². The van der Waals surface area contributed by atoms with Gasteiger partial charge in [-0.25, -0.2) is 0 Å². The molecule has 1 unspecified atom stereocenters. The molecule has 0 spiro atoms. The molecule has 1 aliphatic carbocycles. The Kier molecular flexibility index (Phi) is 2.48. The molecule has 0 N–H and O–H groups in total. The van der Waals surface area contributed by atoms with Crippen LogP contribution in [-0.2, 0) is 0 Å². The first kappa shape index (κ1) is 11.2. The summed E-state index contributed by atoms with van der Waals surface area (Å²) in [6.07, 6.45) is 4.77. The smallest absolute Gasteiger partial charge is 0.213 e. The molecule has 19 heavy (non-hydrogen) atoms. The number of aryl methyl sites for hydroxylation is 1. The van der Waals surface area contributed by atoms with Crippen molar-refractivity contribution in [1.29, 1.82) is 0 Å². The predicted octanol–water partition coefficient (Wildman–Crippen LogP) is 2.49. The molecule has 1 saturated carbocycles.